The highest BCUT2D eigenvalue weighted by molar-refractivity contribution is 6.30. The first-order valence-electron chi connectivity index (χ1n) is 10.5. The molecule has 0 unspecified atom stereocenters. The van der Waals surface area contributed by atoms with Gasteiger partial charge in [0.05, 0.1) is 23.6 Å². The Morgan fingerprint density at radius 2 is 1.76 bits per heavy atom. The summed E-state index contributed by atoms with van der Waals surface area (Å²) in [5.74, 6) is -0.514. The molecular formula is C27H22ClNO4. The zero-order valence-electron chi connectivity index (χ0n) is 18.2. The maximum atomic E-state index is 13.6. The molecule has 166 valence electrons. The van der Waals surface area contributed by atoms with Gasteiger partial charge in [-0.05, 0) is 79.1 Å². The summed E-state index contributed by atoms with van der Waals surface area (Å²) >= 11 is 6.07. The fourth-order valence-electron chi connectivity index (χ4n) is 3.79. The molecular weight excluding hydrogens is 438 g/mol. The van der Waals surface area contributed by atoms with Crippen LogP contribution in [-0.4, -0.2) is 23.6 Å². The maximum Gasteiger partial charge on any atom is 0.336 e. The summed E-state index contributed by atoms with van der Waals surface area (Å²) in [6, 6.07) is 19.6. The number of halogens is 1. The van der Waals surface area contributed by atoms with Crippen molar-refractivity contribution in [1.29, 1.82) is 0 Å². The number of hydrogen-bond donors (Lipinski definition) is 1. The first kappa shape index (κ1) is 22.4. The second-order valence-corrected chi connectivity index (χ2v) is 7.97. The number of carboxylic acids is 1. The van der Waals surface area contributed by atoms with Gasteiger partial charge in [0, 0.05) is 10.6 Å². The first-order valence-corrected chi connectivity index (χ1v) is 10.9. The summed E-state index contributed by atoms with van der Waals surface area (Å²) in [6.07, 6.45) is 3.62. The van der Waals surface area contributed by atoms with Gasteiger partial charge in [0.1, 0.15) is 5.75 Å². The highest BCUT2D eigenvalue weighted by Crippen LogP contribution is 2.38. The van der Waals surface area contributed by atoms with E-state index in [1.807, 2.05) is 55.5 Å². The predicted octanol–water partition coefficient (Wildman–Crippen LogP) is 6.22. The number of ether oxygens (including phenoxy) is 1. The minimum Gasteiger partial charge on any atom is -0.494 e. The molecule has 6 heteroatoms. The van der Waals surface area contributed by atoms with E-state index in [-0.39, 0.29) is 11.5 Å². The van der Waals surface area contributed by atoms with E-state index in [9.17, 15) is 14.7 Å². The van der Waals surface area contributed by atoms with Gasteiger partial charge in [0.2, 0.25) is 0 Å². The van der Waals surface area contributed by atoms with E-state index in [0.717, 1.165) is 16.9 Å². The average Bonchev–Trinajstić information content (AvgIpc) is 3.11. The molecule has 0 saturated heterocycles. The molecule has 5 nitrogen and oxygen atoms in total. The van der Waals surface area contributed by atoms with Crippen molar-refractivity contribution in [3.8, 4) is 5.75 Å². The Morgan fingerprint density at radius 1 is 1.06 bits per heavy atom. The predicted molar refractivity (Wildman–Crippen MR) is 131 cm³/mol. The van der Waals surface area contributed by atoms with Crippen molar-refractivity contribution in [2.24, 2.45) is 0 Å². The molecule has 3 aromatic carbocycles. The van der Waals surface area contributed by atoms with Crippen LogP contribution in [0.4, 0.5) is 5.69 Å². The monoisotopic (exact) mass is 459 g/mol. The highest BCUT2D eigenvalue weighted by atomic mass is 35.5. The second kappa shape index (κ2) is 9.35. The lowest BCUT2D eigenvalue weighted by atomic mass is 10.0. The lowest BCUT2D eigenvalue weighted by Gasteiger charge is -2.23. The van der Waals surface area contributed by atoms with Crippen molar-refractivity contribution < 1.29 is 19.4 Å². The van der Waals surface area contributed by atoms with Gasteiger partial charge in [-0.3, -0.25) is 9.69 Å². The molecule has 4 rings (SSSR count). The van der Waals surface area contributed by atoms with Crippen LogP contribution < -0.4 is 9.64 Å². The normalized spacial score (nSPS) is 14.5. The van der Waals surface area contributed by atoms with Crippen molar-refractivity contribution >= 4 is 40.9 Å². The molecule has 1 amide bonds. The Hall–Kier alpha value is -3.83. The van der Waals surface area contributed by atoms with Crippen LogP contribution in [0.1, 0.15) is 34.0 Å². The van der Waals surface area contributed by atoms with Gasteiger partial charge in [0.15, 0.2) is 0 Å². The van der Waals surface area contributed by atoms with Crippen LogP contribution >= 0.6 is 11.6 Å². The van der Waals surface area contributed by atoms with Crippen LogP contribution in [0.2, 0.25) is 5.02 Å². The number of hydrogen-bond acceptors (Lipinski definition) is 3. The standard InChI is InChI=1S/C27H22ClNO4/c1-3-33-22-13-7-18(8-14-22)15-20-16-25(19-9-11-21(28)12-10-19)29(26(20)30)24-6-4-5-23(17(24)2)27(31)32/h4-16H,3H2,1-2H3,(H,31,32)/b20-15+. The van der Waals surface area contributed by atoms with E-state index in [1.54, 1.807) is 36.1 Å². The van der Waals surface area contributed by atoms with Gasteiger partial charge >= 0.3 is 5.97 Å². The smallest absolute Gasteiger partial charge is 0.336 e. The SMILES string of the molecule is CCOc1ccc(/C=C2\C=C(c3ccc(Cl)cc3)N(c3cccc(C(=O)O)c3C)C2=O)cc1. The molecule has 0 aliphatic carbocycles. The fourth-order valence-corrected chi connectivity index (χ4v) is 3.92. The van der Waals surface area contributed by atoms with Gasteiger partial charge in [-0.25, -0.2) is 4.79 Å². The fraction of sp³-hybridized carbons (Fsp3) is 0.111. The number of benzene rings is 3. The second-order valence-electron chi connectivity index (χ2n) is 7.53. The molecule has 0 fully saturated rings. The summed E-state index contributed by atoms with van der Waals surface area (Å²) < 4.78 is 5.49. The van der Waals surface area contributed by atoms with Gasteiger partial charge in [-0.2, -0.15) is 0 Å². The Kier molecular flexibility index (Phi) is 6.33. The third-order valence-electron chi connectivity index (χ3n) is 5.41. The summed E-state index contributed by atoms with van der Waals surface area (Å²) in [6.45, 7) is 4.21. The molecule has 33 heavy (non-hydrogen) atoms. The molecule has 0 atom stereocenters. The molecule has 0 aromatic heterocycles. The first-order chi connectivity index (χ1) is 15.9. The number of carbonyl (C=O) groups is 2. The van der Waals surface area contributed by atoms with E-state index >= 15 is 0 Å². The average molecular weight is 460 g/mol. The Labute approximate surface area is 197 Å². The highest BCUT2D eigenvalue weighted by Gasteiger charge is 2.32. The lowest BCUT2D eigenvalue weighted by molar-refractivity contribution is -0.113. The number of anilines is 1. The largest absolute Gasteiger partial charge is 0.494 e. The maximum absolute atomic E-state index is 13.6. The third-order valence-corrected chi connectivity index (χ3v) is 5.66. The lowest BCUT2D eigenvalue weighted by Crippen LogP contribution is -2.26. The van der Waals surface area contributed by atoms with Crippen molar-refractivity contribution in [2.45, 2.75) is 13.8 Å². The van der Waals surface area contributed by atoms with Gasteiger partial charge in [-0.1, -0.05) is 41.9 Å². The number of carboxylic acid groups (broad SMARTS) is 1. The Bertz CT molecular complexity index is 1270. The summed E-state index contributed by atoms with van der Waals surface area (Å²) in [4.78, 5) is 26.8. The third kappa shape index (κ3) is 4.54. The molecule has 3 aromatic rings. The van der Waals surface area contributed by atoms with E-state index in [4.69, 9.17) is 16.3 Å². The number of rotatable bonds is 6. The summed E-state index contributed by atoms with van der Waals surface area (Å²) in [7, 11) is 0. The molecule has 1 aliphatic rings. The van der Waals surface area contributed by atoms with Crippen molar-refractivity contribution in [1.82, 2.24) is 0 Å². The minimum absolute atomic E-state index is 0.152. The molecule has 1 N–H and O–H groups in total. The molecule has 0 radical (unpaired) electrons. The van der Waals surface area contributed by atoms with Gasteiger partial charge in [-0.15, -0.1) is 0 Å². The van der Waals surface area contributed by atoms with E-state index in [0.29, 0.717) is 34.2 Å². The summed E-state index contributed by atoms with van der Waals surface area (Å²) in [5, 5.41) is 10.2. The molecule has 0 bridgehead atoms. The molecule has 0 saturated carbocycles. The van der Waals surface area contributed by atoms with Gasteiger partial charge < -0.3 is 9.84 Å². The number of aromatic carboxylic acids is 1. The van der Waals surface area contributed by atoms with Crippen LogP contribution in [0.5, 0.6) is 5.75 Å². The number of amides is 1. The Morgan fingerprint density at radius 3 is 2.39 bits per heavy atom. The van der Waals surface area contributed by atoms with Gasteiger partial charge in [0.25, 0.3) is 5.91 Å². The van der Waals surface area contributed by atoms with Crippen molar-refractivity contribution in [3.63, 3.8) is 0 Å². The van der Waals surface area contributed by atoms with Crippen LogP contribution in [0.15, 0.2) is 78.4 Å². The van der Waals surface area contributed by atoms with E-state index < -0.39 is 5.97 Å². The Balaban J connectivity index is 1.82. The number of nitrogens with zero attached hydrogens (tertiary/aromatic N) is 1. The van der Waals surface area contributed by atoms with Crippen molar-refractivity contribution in [3.05, 3.63) is 106 Å². The van der Waals surface area contributed by atoms with Crippen LogP contribution in [0, 0.1) is 6.92 Å². The van der Waals surface area contributed by atoms with Crippen LogP contribution in [0.25, 0.3) is 11.8 Å². The number of carbonyl (C=O) groups excluding carboxylic acids is 1. The van der Waals surface area contributed by atoms with Crippen LogP contribution in [-0.2, 0) is 4.79 Å². The molecule has 1 heterocycles. The zero-order chi connectivity index (χ0) is 23.5. The van der Waals surface area contributed by atoms with E-state index in [2.05, 4.69) is 0 Å². The zero-order valence-corrected chi connectivity index (χ0v) is 19.0. The van der Waals surface area contributed by atoms with Crippen molar-refractivity contribution in [2.75, 3.05) is 11.5 Å². The topological polar surface area (TPSA) is 66.8 Å². The quantitative estimate of drug-likeness (QED) is 0.444. The molecule has 1 aliphatic heterocycles. The molecule has 0 spiro atoms. The summed E-state index contributed by atoms with van der Waals surface area (Å²) in [5.41, 5.74) is 3.98. The minimum atomic E-state index is -1.04. The van der Waals surface area contributed by atoms with E-state index in [1.165, 1.54) is 6.07 Å². The van der Waals surface area contributed by atoms with Crippen LogP contribution in [0.3, 0.4) is 0 Å².